The summed E-state index contributed by atoms with van der Waals surface area (Å²) in [6.07, 6.45) is 5.75. The molecule has 0 radical (unpaired) electrons. The van der Waals surface area contributed by atoms with Gasteiger partial charge in [0.15, 0.2) is 0 Å². The van der Waals surface area contributed by atoms with Crippen molar-refractivity contribution in [2.24, 2.45) is 11.8 Å². The number of carbonyl (C=O) groups is 4. The van der Waals surface area contributed by atoms with Crippen molar-refractivity contribution in [1.29, 1.82) is 0 Å². The maximum Gasteiger partial charge on any atom is 0.312 e. The molecule has 0 aliphatic carbocycles. The van der Waals surface area contributed by atoms with Crippen molar-refractivity contribution in [1.82, 2.24) is 15.1 Å². The van der Waals surface area contributed by atoms with E-state index in [2.05, 4.69) is 18.5 Å². The standard InChI is InChI=1S/C27H41N3O7/c1-5-8-10-20(32)28-17-18(4)36-26(35)21-19-11-12-27(37-19)22(21)24(33)30(15-16-31)23(27)25(34)29(13-7-3)14-9-6-2/h5,7,18-19,21-23,31H,1,3,6,8-17H2,2,4H3,(H,28,32)/t18-,19-,21+,22+,23-,27+/m0/s1. The van der Waals surface area contributed by atoms with Crippen LogP contribution in [0.25, 0.3) is 0 Å². The minimum Gasteiger partial charge on any atom is -0.460 e. The van der Waals surface area contributed by atoms with Gasteiger partial charge in [-0.05, 0) is 32.6 Å². The third-order valence-corrected chi connectivity index (χ3v) is 7.57. The van der Waals surface area contributed by atoms with Gasteiger partial charge in [0.05, 0.1) is 31.1 Å². The number of aliphatic hydroxyl groups is 1. The van der Waals surface area contributed by atoms with Crippen molar-refractivity contribution < 1.29 is 33.8 Å². The number of rotatable bonds is 15. The molecule has 206 valence electrons. The van der Waals surface area contributed by atoms with Crippen molar-refractivity contribution in [3.8, 4) is 0 Å². The summed E-state index contributed by atoms with van der Waals surface area (Å²) in [5.41, 5.74) is -1.13. The Kier molecular flexibility index (Phi) is 9.89. The molecule has 3 heterocycles. The average Bonchev–Trinajstić information content (AvgIpc) is 3.51. The van der Waals surface area contributed by atoms with E-state index < -0.39 is 41.7 Å². The number of aliphatic hydroxyl groups excluding tert-OH is 1. The minimum atomic E-state index is -1.13. The van der Waals surface area contributed by atoms with Crippen molar-refractivity contribution in [2.45, 2.75) is 76.2 Å². The summed E-state index contributed by atoms with van der Waals surface area (Å²) < 4.78 is 12.0. The summed E-state index contributed by atoms with van der Waals surface area (Å²) in [7, 11) is 0. The number of fused-ring (bicyclic) bond motifs is 1. The molecule has 6 atom stereocenters. The summed E-state index contributed by atoms with van der Waals surface area (Å²) in [5.74, 6) is -3.04. The molecule has 1 spiro atoms. The Morgan fingerprint density at radius 1 is 1.35 bits per heavy atom. The second-order valence-electron chi connectivity index (χ2n) is 10.1. The molecule has 3 fully saturated rings. The van der Waals surface area contributed by atoms with Gasteiger partial charge in [0, 0.05) is 26.1 Å². The van der Waals surface area contributed by atoms with Crippen LogP contribution in [0.5, 0.6) is 0 Å². The number of likely N-dealkylation sites (tertiary alicyclic amines) is 1. The van der Waals surface area contributed by atoms with Gasteiger partial charge < -0.3 is 29.7 Å². The number of β-amino-alcohol motifs (C(OH)–C–C–N with tert-alkyl or cyclic N) is 1. The predicted octanol–water partition coefficient (Wildman–Crippen LogP) is 1.18. The number of ether oxygens (including phenoxy) is 2. The van der Waals surface area contributed by atoms with Gasteiger partial charge in [-0.3, -0.25) is 19.2 Å². The number of esters is 1. The van der Waals surface area contributed by atoms with Gasteiger partial charge >= 0.3 is 5.97 Å². The first-order valence-corrected chi connectivity index (χ1v) is 13.3. The van der Waals surface area contributed by atoms with Crippen molar-refractivity contribution in [2.75, 3.05) is 32.8 Å². The number of unbranched alkanes of at least 4 members (excludes halogenated alkanes) is 1. The Morgan fingerprint density at radius 3 is 2.76 bits per heavy atom. The number of allylic oxidation sites excluding steroid dienone is 1. The molecule has 3 aliphatic heterocycles. The molecule has 0 aromatic carbocycles. The molecule has 0 aromatic rings. The third kappa shape index (κ3) is 5.75. The lowest BCUT2D eigenvalue weighted by molar-refractivity contribution is -0.159. The van der Waals surface area contributed by atoms with Crippen LogP contribution >= 0.6 is 0 Å². The molecular weight excluding hydrogens is 478 g/mol. The molecule has 10 heteroatoms. The lowest BCUT2D eigenvalue weighted by Crippen LogP contribution is -2.56. The summed E-state index contributed by atoms with van der Waals surface area (Å²) >= 11 is 0. The number of carbonyl (C=O) groups excluding carboxylic acids is 4. The van der Waals surface area contributed by atoms with Crippen LogP contribution < -0.4 is 5.32 Å². The van der Waals surface area contributed by atoms with Crippen LogP contribution in [0.15, 0.2) is 25.3 Å². The average molecular weight is 520 g/mol. The van der Waals surface area contributed by atoms with Crippen molar-refractivity contribution >= 4 is 23.7 Å². The first kappa shape index (κ1) is 28.8. The molecule has 3 aliphatic rings. The molecule has 3 saturated heterocycles. The van der Waals surface area contributed by atoms with Crippen molar-refractivity contribution in [3.05, 3.63) is 25.3 Å². The zero-order valence-corrected chi connectivity index (χ0v) is 22.0. The number of amides is 3. The Morgan fingerprint density at radius 2 is 2.11 bits per heavy atom. The summed E-state index contributed by atoms with van der Waals surface area (Å²) in [6, 6.07) is -0.918. The molecule has 0 saturated carbocycles. The Bertz CT molecular complexity index is 893. The van der Waals surface area contributed by atoms with E-state index in [0.717, 1.165) is 12.8 Å². The molecule has 0 unspecified atom stereocenters. The van der Waals surface area contributed by atoms with Gasteiger partial charge in [0.25, 0.3) is 0 Å². The fraction of sp³-hybridized carbons (Fsp3) is 0.704. The maximum absolute atomic E-state index is 13.8. The number of hydrogen-bond donors (Lipinski definition) is 2. The molecular formula is C27H41N3O7. The lowest BCUT2D eigenvalue weighted by Gasteiger charge is -2.36. The molecule has 2 bridgehead atoms. The zero-order valence-electron chi connectivity index (χ0n) is 22.0. The summed E-state index contributed by atoms with van der Waals surface area (Å²) in [4.78, 5) is 55.7. The SMILES string of the molecule is C=CCCC(=O)NC[C@H](C)OC(=O)[C@@H]1[C@@H]2CC[C@]3(O2)[C@H](C(=O)N(CC=C)CCCC)N(CCO)C(=O)[C@@H]13. The Hall–Kier alpha value is -2.72. The summed E-state index contributed by atoms with van der Waals surface area (Å²) in [5, 5.41) is 12.4. The van der Waals surface area contributed by atoms with Crippen molar-refractivity contribution in [3.63, 3.8) is 0 Å². The van der Waals surface area contributed by atoms with E-state index in [0.29, 0.717) is 38.8 Å². The maximum atomic E-state index is 13.8. The highest BCUT2D eigenvalue weighted by Gasteiger charge is 2.75. The molecule has 3 rings (SSSR count). The number of nitrogens with one attached hydrogen (secondary N) is 1. The smallest absolute Gasteiger partial charge is 0.312 e. The number of nitrogens with zero attached hydrogens (tertiary/aromatic N) is 2. The predicted molar refractivity (Wildman–Crippen MR) is 136 cm³/mol. The zero-order chi connectivity index (χ0) is 27.2. The fourth-order valence-corrected chi connectivity index (χ4v) is 5.92. The molecule has 37 heavy (non-hydrogen) atoms. The van der Waals surface area contributed by atoms with Gasteiger partial charge in [0.1, 0.15) is 17.7 Å². The second-order valence-corrected chi connectivity index (χ2v) is 10.1. The van der Waals surface area contributed by atoms with E-state index in [1.807, 2.05) is 6.92 Å². The number of hydrogen-bond acceptors (Lipinski definition) is 7. The van der Waals surface area contributed by atoms with Crippen LogP contribution in [-0.2, 0) is 28.7 Å². The molecule has 0 aromatic heterocycles. The van der Waals surface area contributed by atoms with Crippen LogP contribution in [-0.4, -0.2) is 95.2 Å². The highest BCUT2D eigenvalue weighted by Crippen LogP contribution is 2.58. The Labute approximate surface area is 219 Å². The lowest BCUT2D eigenvalue weighted by atomic mass is 9.70. The van der Waals surface area contributed by atoms with Gasteiger partial charge in [-0.25, -0.2) is 0 Å². The fourth-order valence-electron chi connectivity index (χ4n) is 5.92. The molecule has 2 N–H and O–H groups in total. The van der Waals surface area contributed by atoms with E-state index in [1.54, 1.807) is 24.0 Å². The first-order valence-electron chi connectivity index (χ1n) is 13.3. The molecule has 3 amide bonds. The van der Waals surface area contributed by atoms with Gasteiger partial charge in [0.2, 0.25) is 17.7 Å². The van der Waals surface area contributed by atoms with E-state index in [-0.39, 0.29) is 37.4 Å². The Balaban J connectivity index is 1.79. The van der Waals surface area contributed by atoms with Crippen LogP contribution in [0, 0.1) is 11.8 Å². The molecule has 10 nitrogen and oxygen atoms in total. The third-order valence-electron chi connectivity index (χ3n) is 7.57. The van der Waals surface area contributed by atoms with E-state index in [9.17, 15) is 24.3 Å². The van der Waals surface area contributed by atoms with Crippen LogP contribution in [0.1, 0.15) is 52.4 Å². The normalized spacial score (nSPS) is 28.5. The monoisotopic (exact) mass is 519 g/mol. The van der Waals surface area contributed by atoms with E-state index in [4.69, 9.17) is 9.47 Å². The van der Waals surface area contributed by atoms with E-state index in [1.165, 1.54) is 4.90 Å². The van der Waals surface area contributed by atoms with Gasteiger partial charge in [-0.1, -0.05) is 25.5 Å². The minimum absolute atomic E-state index is 0.0217. The van der Waals surface area contributed by atoms with E-state index >= 15 is 0 Å². The highest BCUT2D eigenvalue weighted by molar-refractivity contribution is 5.98. The second kappa shape index (κ2) is 12.7. The van der Waals surface area contributed by atoms with Gasteiger partial charge in [-0.2, -0.15) is 0 Å². The quantitative estimate of drug-likeness (QED) is 0.246. The summed E-state index contributed by atoms with van der Waals surface area (Å²) in [6.45, 7) is 11.7. The topological polar surface area (TPSA) is 125 Å². The van der Waals surface area contributed by atoms with Crippen LogP contribution in [0.3, 0.4) is 0 Å². The van der Waals surface area contributed by atoms with Crippen LogP contribution in [0.4, 0.5) is 0 Å². The van der Waals surface area contributed by atoms with Gasteiger partial charge in [-0.15, -0.1) is 13.2 Å². The largest absolute Gasteiger partial charge is 0.460 e. The highest BCUT2D eigenvalue weighted by atomic mass is 16.6. The first-order chi connectivity index (χ1) is 17.7. The van der Waals surface area contributed by atoms with Crippen LogP contribution in [0.2, 0.25) is 0 Å².